The molecular weight excluding hydrogens is 276 g/mol. The summed E-state index contributed by atoms with van der Waals surface area (Å²) in [7, 11) is -6.55. The maximum atomic E-state index is 11.4. The number of rotatable bonds is 4. The van der Waals surface area contributed by atoms with Crippen LogP contribution in [0, 0.1) is 0 Å². The Morgan fingerprint density at radius 2 is 1.69 bits per heavy atom. The number of nitrogens with zero attached hydrogens (tertiary/aromatic N) is 4. The highest BCUT2D eigenvalue weighted by molar-refractivity contribution is 8.03. The molecule has 1 rings (SSSR count). The van der Waals surface area contributed by atoms with Gasteiger partial charge in [-0.25, -0.2) is 16.8 Å². The van der Waals surface area contributed by atoms with E-state index in [1.165, 1.54) is 13.2 Å². The quantitative estimate of drug-likeness (QED) is 0.662. The maximum absolute atomic E-state index is 11.4. The van der Waals surface area contributed by atoms with Crippen molar-refractivity contribution in [2.45, 2.75) is 0 Å². The predicted molar refractivity (Wildman–Crippen MR) is 59.8 cm³/mol. The lowest BCUT2D eigenvalue weighted by Gasteiger charge is -2.26. The Morgan fingerprint density at radius 3 is 2.00 bits per heavy atom. The zero-order valence-electron chi connectivity index (χ0n) is 8.72. The van der Waals surface area contributed by atoms with Gasteiger partial charge in [0, 0.05) is 18.6 Å². The predicted octanol–water partition coefficient (Wildman–Crippen LogP) is -0.889. The van der Waals surface area contributed by atoms with E-state index in [9.17, 15) is 16.8 Å². The third-order valence-corrected chi connectivity index (χ3v) is 5.46. The first-order chi connectivity index (χ1) is 7.14. The van der Waals surface area contributed by atoms with Crippen molar-refractivity contribution in [2.24, 2.45) is 0 Å². The fourth-order valence-corrected chi connectivity index (χ4v) is 4.68. The highest BCUT2D eigenvalue weighted by atomic mass is 32.3. The zero-order valence-corrected chi connectivity index (χ0v) is 11.2. The van der Waals surface area contributed by atoms with Gasteiger partial charge in [-0.05, 0) is 3.82 Å². The molecule has 0 atom stereocenters. The SMILES string of the molecule is CN(c1cnns1)N(S(C)(=O)=O)S(C)(=O)=O. The van der Waals surface area contributed by atoms with E-state index in [-0.39, 0.29) is 3.82 Å². The fraction of sp³-hybridized carbons (Fsp3) is 0.600. The standard InChI is InChI=1S/C5H10N4O4S3/c1-8(5-4-6-7-14-5)9(15(2,10)11)16(3,12)13/h4H,1-3H3. The van der Waals surface area contributed by atoms with Crippen LogP contribution in [0.1, 0.15) is 0 Å². The average molecular weight is 286 g/mol. The van der Waals surface area contributed by atoms with Crippen LogP contribution in [-0.4, -0.2) is 49.8 Å². The molecule has 1 heterocycles. The highest BCUT2D eigenvalue weighted by Gasteiger charge is 2.32. The summed E-state index contributed by atoms with van der Waals surface area (Å²) < 4.78 is 49.3. The van der Waals surface area contributed by atoms with Crippen molar-refractivity contribution in [1.29, 1.82) is 0 Å². The van der Waals surface area contributed by atoms with Crippen LogP contribution in [0.2, 0.25) is 0 Å². The van der Waals surface area contributed by atoms with E-state index in [4.69, 9.17) is 0 Å². The van der Waals surface area contributed by atoms with Gasteiger partial charge < -0.3 is 0 Å². The van der Waals surface area contributed by atoms with E-state index in [1.807, 2.05) is 0 Å². The van der Waals surface area contributed by atoms with E-state index in [0.717, 1.165) is 29.1 Å². The van der Waals surface area contributed by atoms with E-state index in [1.54, 1.807) is 0 Å². The van der Waals surface area contributed by atoms with Crippen molar-refractivity contribution in [3.05, 3.63) is 6.20 Å². The number of hydrogen-bond acceptors (Lipinski definition) is 8. The number of hydrazine groups is 1. The molecule has 0 aliphatic heterocycles. The van der Waals surface area contributed by atoms with Crippen molar-refractivity contribution < 1.29 is 16.8 Å². The molecule has 0 saturated heterocycles. The van der Waals surface area contributed by atoms with Gasteiger partial charge >= 0.3 is 0 Å². The Morgan fingerprint density at radius 1 is 1.19 bits per heavy atom. The summed E-state index contributed by atoms with van der Waals surface area (Å²) in [5.74, 6) is 0. The topological polar surface area (TPSA) is 101 Å². The lowest BCUT2D eigenvalue weighted by molar-refractivity contribution is 0.501. The molecule has 0 aromatic carbocycles. The zero-order chi connectivity index (χ0) is 12.6. The lowest BCUT2D eigenvalue weighted by Crippen LogP contribution is -2.46. The molecule has 0 unspecified atom stereocenters. The third-order valence-electron chi connectivity index (χ3n) is 1.48. The summed E-state index contributed by atoms with van der Waals surface area (Å²) >= 11 is 0.886. The summed E-state index contributed by atoms with van der Waals surface area (Å²) in [5.41, 5.74) is 0. The highest BCUT2D eigenvalue weighted by Crippen LogP contribution is 2.21. The van der Waals surface area contributed by atoms with Crippen molar-refractivity contribution >= 4 is 36.6 Å². The minimum Gasteiger partial charge on any atom is -0.269 e. The van der Waals surface area contributed by atoms with Gasteiger partial charge in [0.25, 0.3) is 0 Å². The summed E-state index contributed by atoms with van der Waals surface area (Å²) in [6.45, 7) is 0. The Balaban J connectivity index is 3.25. The molecule has 0 radical (unpaired) electrons. The van der Waals surface area contributed by atoms with Crippen LogP contribution < -0.4 is 5.01 Å². The van der Waals surface area contributed by atoms with Crippen LogP contribution in [0.25, 0.3) is 0 Å². The smallest absolute Gasteiger partial charge is 0.242 e. The van der Waals surface area contributed by atoms with Crippen molar-refractivity contribution in [3.8, 4) is 0 Å². The largest absolute Gasteiger partial charge is 0.269 e. The molecule has 92 valence electrons. The van der Waals surface area contributed by atoms with Crippen LogP contribution >= 0.6 is 11.5 Å². The number of sulfonamides is 2. The first-order valence-corrected chi connectivity index (χ1v) is 8.32. The molecule has 1 aromatic rings. The van der Waals surface area contributed by atoms with Gasteiger partial charge in [-0.15, -0.1) is 5.10 Å². The van der Waals surface area contributed by atoms with Gasteiger partial charge in [0.1, 0.15) is 5.00 Å². The van der Waals surface area contributed by atoms with Gasteiger partial charge in [-0.3, -0.25) is 5.01 Å². The second-order valence-corrected chi connectivity index (χ2v) is 7.60. The van der Waals surface area contributed by atoms with Crippen LogP contribution in [-0.2, 0) is 20.0 Å². The maximum Gasteiger partial charge on any atom is 0.242 e. The molecule has 11 heteroatoms. The van der Waals surface area contributed by atoms with Gasteiger partial charge in [0.2, 0.25) is 20.0 Å². The molecule has 0 spiro atoms. The fourth-order valence-electron chi connectivity index (χ4n) is 1.08. The number of aromatic nitrogens is 2. The van der Waals surface area contributed by atoms with Crippen LogP contribution in [0.15, 0.2) is 6.20 Å². The lowest BCUT2D eigenvalue weighted by atomic mass is 10.8. The minimum absolute atomic E-state index is 0.287. The average Bonchev–Trinajstić information content (AvgIpc) is 2.48. The van der Waals surface area contributed by atoms with Crippen LogP contribution in [0.3, 0.4) is 0 Å². The molecule has 0 amide bonds. The van der Waals surface area contributed by atoms with Crippen molar-refractivity contribution in [3.63, 3.8) is 0 Å². The molecule has 0 bridgehead atoms. The monoisotopic (exact) mass is 286 g/mol. The summed E-state index contributed by atoms with van der Waals surface area (Å²) in [6, 6.07) is 0. The van der Waals surface area contributed by atoms with Crippen LogP contribution in [0.4, 0.5) is 5.00 Å². The van der Waals surface area contributed by atoms with E-state index in [0.29, 0.717) is 5.00 Å². The Labute approximate surface area is 97.7 Å². The van der Waals surface area contributed by atoms with Gasteiger partial charge in [-0.1, -0.05) is 4.49 Å². The van der Waals surface area contributed by atoms with Gasteiger partial charge in [-0.2, -0.15) is 0 Å². The summed E-state index contributed by atoms with van der Waals surface area (Å²) in [4.78, 5) is 0. The first kappa shape index (κ1) is 13.3. The molecule has 0 aliphatic carbocycles. The second kappa shape index (κ2) is 4.24. The second-order valence-electron chi connectivity index (χ2n) is 2.98. The van der Waals surface area contributed by atoms with E-state index < -0.39 is 20.0 Å². The third kappa shape index (κ3) is 2.87. The van der Waals surface area contributed by atoms with E-state index in [2.05, 4.69) is 9.59 Å². The Kier molecular flexibility index (Phi) is 3.52. The minimum atomic E-state index is -3.93. The molecule has 8 nitrogen and oxygen atoms in total. The molecule has 0 saturated carbocycles. The van der Waals surface area contributed by atoms with Crippen molar-refractivity contribution in [2.75, 3.05) is 24.6 Å². The summed E-state index contributed by atoms with van der Waals surface area (Å²) in [5, 5.41) is 4.77. The molecule has 0 aliphatic rings. The van der Waals surface area contributed by atoms with Crippen molar-refractivity contribution in [1.82, 2.24) is 13.4 Å². The molecular formula is C5H10N4O4S3. The van der Waals surface area contributed by atoms with Gasteiger partial charge in [0.05, 0.1) is 18.7 Å². The first-order valence-electron chi connectivity index (χ1n) is 3.85. The number of anilines is 1. The van der Waals surface area contributed by atoms with E-state index >= 15 is 0 Å². The molecule has 1 aromatic heterocycles. The molecule has 0 N–H and O–H groups in total. The van der Waals surface area contributed by atoms with Crippen LogP contribution in [0.5, 0.6) is 0 Å². The van der Waals surface area contributed by atoms with Gasteiger partial charge in [0.15, 0.2) is 0 Å². The summed E-state index contributed by atoms with van der Waals surface area (Å²) in [6.07, 6.45) is 2.88. The Hall–Kier alpha value is -0.780. The number of hydrogen-bond donors (Lipinski definition) is 0. The molecule has 16 heavy (non-hydrogen) atoms. The normalized spacial score (nSPS) is 13.0. The molecule has 0 fully saturated rings. The Bertz CT molecular complexity index is 517.